The van der Waals surface area contributed by atoms with Gasteiger partial charge >= 0.3 is 11.8 Å². The van der Waals surface area contributed by atoms with Crippen LogP contribution in [0.25, 0.3) is 0 Å². The van der Waals surface area contributed by atoms with Gasteiger partial charge in [0.2, 0.25) is 12.8 Å². The lowest BCUT2D eigenvalue weighted by Crippen LogP contribution is -2.39. The maximum absolute atomic E-state index is 12.4. The van der Waals surface area contributed by atoms with Gasteiger partial charge in [-0.25, -0.2) is 14.7 Å². The van der Waals surface area contributed by atoms with Crippen LogP contribution >= 0.6 is 0 Å². The van der Waals surface area contributed by atoms with Gasteiger partial charge < -0.3 is 20.7 Å². The molecule has 5 N–H and O–H groups in total. The van der Waals surface area contributed by atoms with Gasteiger partial charge in [0.05, 0.1) is 5.41 Å². The first kappa shape index (κ1) is 25.7. The summed E-state index contributed by atoms with van der Waals surface area (Å²) in [5.74, 6) is 0.389. The third-order valence-electron chi connectivity index (χ3n) is 6.32. The monoisotopic (exact) mass is 506 g/mol. The molecule has 0 aliphatic heterocycles. The molecule has 0 spiro atoms. The molecule has 0 unspecified atom stereocenters. The Hall–Kier alpha value is -4.41. The fourth-order valence-electron chi connectivity index (χ4n) is 4.95. The van der Waals surface area contributed by atoms with E-state index in [1.807, 2.05) is 24.3 Å². The van der Waals surface area contributed by atoms with Gasteiger partial charge in [0.15, 0.2) is 0 Å². The summed E-state index contributed by atoms with van der Waals surface area (Å²) >= 11 is 0. The van der Waals surface area contributed by atoms with Gasteiger partial charge in [-0.2, -0.15) is 5.10 Å². The first-order valence-corrected chi connectivity index (χ1v) is 12.0. The van der Waals surface area contributed by atoms with E-state index >= 15 is 0 Å². The van der Waals surface area contributed by atoms with Crippen molar-refractivity contribution in [2.75, 3.05) is 17.2 Å². The van der Waals surface area contributed by atoms with E-state index in [0.29, 0.717) is 49.3 Å². The highest BCUT2D eigenvalue weighted by Gasteiger charge is 2.43. The number of benzene rings is 2. The topological polar surface area (TPSA) is 158 Å². The third kappa shape index (κ3) is 5.40. The van der Waals surface area contributed by atoms with Crippen LogP contribution in [-0.4, -0.2) is 46.2 Å². The average Bonchev–Trinajstić information content (AvgIpc) is 3.22. The average molecular weight is 507 g/mol. The Morgan fingerprint density at radius 1 is 1.03 bits per heavy atom. The van der Waals surface area contributed by atoms with Crippen LogP contribution < -0.4 is 21.6 Å². The molecule has 0 atom stereocenters. The fourth-order valence-corrected chi connectivity index (χ4v) is 4.95. The van der Waals surface area contributed by atoms with Gasteiger partial charge in [0.25, 0.3) is 0 Å². The van der Waals surface area contributed by atoms with Crippen molar-refractivity contribution in [1.82, 2.24) is 20.5 Å². The summed E-state index contributed by atoms with van der Waals surface area (Å²) in [6.45, 7) is 5.58. The lowest BCUT2D eigenvalue weighted by atomic mass is 9.69. The van der Waals surface area contributed by atoms with Crippen LogP contribution in [0.4, 0.5) is 16.2 Å². The number of aryl methyl sites for hydroxylation is 2. The molecular formula is C26H30N6O5. The van der Waals surface area contributed by atoms with Crippen molar-refractivity contribution in [1.29, 1.82) is 0 Å². The Balaban J connectivity index is 1.88. The number of nitrogens with zero attached hydrogens (tertiary/aromatic N) is 1. The summed E-state index contributed by atoms with van der Waals surface area (Å²) in [5, 5.41) is 15.0. The molecule has 1 aromatic heterocycles. The van der Waals surface area contributed by atoms with Crippen molar-refractivity contribution in [2.24, 2.45) is 0 Å². The number of H-pyrrole nitrogens is 2. The van der Waals surface area contributed by atoms with Crippen LogP contribution in [0.5, 0.6) is 0 Å². The van der Waals surface area contributed by atoms with Crippen LogP contribution in [0.15, 0.2) is 41.2 Å². The van der Waals surface area contributed by atoms with Crippen LogP contribution in [0.1, 0.15) is 55.3 Å². The van der Waals surface area contributed by atoms with Crippen molar-refractivity contribution in [3.63, 3.8) is 0 Å². The minimum Gasteiger partial charge on any atom is -0.444 e. The van der Waals surface area contributed by atoms with Gasteiger partial charge in [-0.05, 0) is 86.6 Å². The molecule has 194 valence electrons. The molecule has 0 fully saturated rings. The van der Waals surface area contributed by atoms with Gasteiger partial charge in [-0.3, -0.25) is 14.6 Å². The molecule has 1 heterocycles. The zero-order valence-electron chi connectivity index (χ0n) is 20.9. The molecule has 37 heavy (non-hydrogen) atoms. The highest BCUT2D eigenvalue weighted by Crippen LogP contribution is 2.46. The lowest BCUT2D eigenvalue weighted by Gasteiger charge is -2.35. The maximum Gasteiger partial charge on any atom is 0.407 e. The first-order chi connectivity index (χ1) is 17.7. The maximum atomic E-state index is 12.4. The molecule has 1 aliphatic rings. The lowest BCUT2D eigenvalue weighted by molar-refractivity contribution is -0.106. The Morgan fingerprint density at radius 2 is 1.59 bits per heavy atom. The third-order valence-corrected chi connectivity index (χ3v) is 6.32. The quantitative estimate of drug-likeness (QED) is 0.296. The highest BCUT2D eigenvalue weighted by molar-refractivity contribution is 5.74. The van der Waals surface area contributed by atoms with Crippen molar-refractivity contribution in [2.45, 2.75) is 51.0 Å². The number of hydrogen-bond acceptors (Lipinski definition) is 6. The van der Waals surface area contributed by atoms with Crippen molar-refractivity contribution < 1.29 is 19.1 Å². The van der Waals surface area contributed by atoms with Crippen molar-refractivity contribution in [3.05, 3.63) is 75.0 Å². The minimum atomic E-state index is -0.964. The molecule has 2 aromatic carbocycles. The number of anilines is 2. The number of ether oxygens (including phenoxy) is 1. The summed E-state index contributed by atoms with van der Waals surface area (Å²) in [6.07, 6.45) is 2.30. The van der Waals surface area contributed by atoms with Crippen molar-refractivity contribution >= 4 is 30.3 Å². The largest absolute Gasteiger partial charge is 0.444 e. The number of carbonyl (C=O) groups excluding carboxylic acids is 3. The second-order valence-electron chi connectivity index (χ2n) is 9.88. The van der Waals surface area contributed by atoms with Crippen LogP contribution in [0.2, 0.25) is 0 Å². The van der Waals surface area contributed by atoms with Gasteiger partial charge in [-0.15, -0.1) is 0 Å². The predicted octanol–water partition coefficient (Wildman–Crippen LogP) is 2.58. The van der Waals surface area contributed by atoms with E-state index in [1.54, 1.807) is 32.9 Å². The number of aromatic amines is 2. The molecule has 1 aliphatic carbocycles. The Kier molecular flexibility index (Phi) is 7.14. The summed E-state index contributed by atoms with van der Waals surface area (Å²) in [7, 11) is 0. The molecule has 0 saturated heterocycles. The van der Waals surface area contributed by atoms with E-state index in [-0.39, 0.29) is 6.54 Å². The Morgan fingerprint density at radius 3 is 2.05 bits per heavy atom. The number of hydrogen-bond donors (Lipinski definition) is 5. The van der Waals surface area contributed by atoms with Crippen molar-refractivity contribution in [3.8, 4) is 0 Å². The predicted molar refractivity (Wildman–Crippen MR) is 138 cm³/mol. The minimum absolute atomic E-state index is 0.214. The highest BCUT2D eigenvalue weighted by atomic mass is 16.6. The number of alkyl carbamates (subject to hydrolysis) is 1. The van der Waals surface area contributed by atoms with E-state index in [4.69, 9.17) is 4.74 Å². The number of nitrogens with one attached hydrogen (secondary N) is 5. The normalized spacial score (nSPS) is 13.9. The van der Waals surface area contributed by atoms with E-state index in [2.05, 4.69) is 31.1 Å². The van der Waals surface area contributed by atoms with Gasteiger partial charge in [0, 0.05) is 17.9 Å². The van der Waals surface area contributed by atoms with Crippen LogP contribution in [0, 0.1) is 0 Å². The molecule has 3 aromatic rings. The molecule has 0 radical (unpaired) electrons. The Labute approximate surface area is 213 Å². The number of rotatable bonds is 8. The van der Waals surface area contributed by atoms with E-state index in [0.717, 1.165) is 22.3 Å². The van der Waals surface area contributed by atoms with E-state index in [9.17, 15) is 19.2 Å². The van der Waals surface area contributed by atoms with E-state index < -0.39 is 22.8 Å². The molecule has 11 heteroatoms. The summed E-state index contributed by atoms with van der Waals surface area (Å²) in [6, 6.07) is 11.2. The van der Waals surface area contributed by atoms with E-state index in [1.165, 1.54) is 0 Å². The zero-order valence-corrected chi connectivity index (χ0v) is 20.9. The zero-order chi connectivity index (χ0) is 26.6. The number of aromatic nitrogens is 3. The summed E-state index contributed by atoms with van der Waals surface area (Å²) in [4.78, 5) is 49.7. The second-order valence-corrected chi connectivity index (χ2v) is 9.88. The number of fused-ring (bicyclic) bond motifs is 2. The Bertz CT molecular complexity index is 1310. The van der Waals surface area contributed by atoms with Crippen LogP contribution in [0.3, 0.4) is 0 Å². The molecular weight excluding hydrogens is 476 g/mol. The van der Waals surface area contributed by atoms with Gasteiger partial charge in [0.1, 0.15) is 11.4 Å². The second kappa shape index (κ2) is 10.3. The standard InChI is InChI=1S/C26H30N6O5/c1-25(2,3)37-24(36)27-11-10-26(22-30-23(35)32-31-22)20-8-6-18(28-14-33)12-16(20)4-5-17-13-19(29-15-34)7-9-21(17)26/h6-9,12-15H,4-5,10-11H2,1-3H3,(H,27,36)(H,28,33)(H,29,34)(H2,30,31,32,35). The van der Waals surface area contributed by atoms with Gasteiger partial charge in [-0.1, -0.05) is 12.1 Å². The SMILES string of the molecule is CC(C)(C)OC(=O)NCCC1(c2n[nH]c(=O)[nH]2)c2ccc(NC=O)cc2CCc2cc(NC=O)ccc21. The van der Waals surface area contributed by atoms with Crippen LogP contribution in [-0.2, 0) is 32.6 Å². The first-order valence-electron chi connectivity index (χ1n) is 12.0. The molecule has 0 saturated carbocycles. The number of carbonyl (C=O) groups is 3. The summed E-state index contributed by atoms with van der Waals surface area (Å²) in [5.41, 5.74) is 2.87. The molecule has 11 nitrogen and oxygen atoms in total. The molecule has 0 bridgehead atoms. The summed E-state index contributed by atoms with van der Waals surface area (Å²) < 4.78 is 5.41. The fraction of sp³-hybridized carbons (Fsp3) is 0.346. The molecule has 3 amide bonds. The smallest absolute Gasteiger partial charge is 0.407 e. The molecule has 4 rings (SSSR count). The number of amides is 3.